The monoisotopic (exact) mass is 262 g/mol. The summed E-state index contributed by atoms with van der Waals surface area (Å²) in [6.07, 6.45) is 1.93. The van der Waals surface area contributed by atoms with Crippen molar-refractivity contribution in [2.24, 2.45) is 5.84 Å². The number of ether oxygens (including phenoxy) is 1. The number of hydrazine groups is 1. The molecule has 5 nitrogen and oxygen atoms in total. The molecule has 6 heteroatoms. The molecule has 0 aliphatic carbocycles. The van der Waals surface area contributed by atoms with Gasteiger partial charge in [-0.15, -0.1) is 0 Å². The van der Waals surface area contributed by atoms with Crippen molar-refractivity contribution in [1.82, 2.24) is 15.4 Å². The molecule has 1 aromatic heterocycles. The zero-order valence-corrected chi connectivity index (χ0v) is 10.5. The van der Waals surface area contributed by atoms with Gasteiger partial charge in [0.1, 0.15) is 12.1 Å². The van der Waals surface area contributed by atoms with Crippen LogP contribution in [0.15, 0.2) is 36.7 Å². The number of nitrogens with two attached hydrogens (primary N) is 1. The topological polar surface area (TPSA) is 73.1 Å². The average molecular weight is 262 g/mol. The fourth-order valence-corrected chi connectivity index (χ4v) is 1.80. The normalized spacial score (nSPS) is 12.2. The van der Waals surface area contributed by atoms with Crippen LogP contribution in [0.4, 0.5) is 4.39 Å². The molecule has 1 heterocycles. The molecule has 0 spiro atoms. The molecule has 100 valence electrons. The van der Waals surface area contributed by atoms with Crippen molar-refractivity contribution >= 4 is 0 Å². The number of rotatable bonds is 5. The molecule has 0 fully saturated rings. The van der Waals surface area contributed by atoms with Gasteiger partial charge in [-0.25, -0.2) is 14.4 Å². The molecule has 1 atom stereocenters. The molecule has 1 aromatic carbocycles. The lowest BCUT2D eigenvalue weighted by Gasteiger charge is -2.15. The van der Waals surface area contributed by atoms with Crippen molar-refractivity contribution < 1.29 is 9.13 Å². The van der Waals surface area contributed by atoms with Crippen LogP contribution in [0.3, 0.4) is 0 Å². The maximum absolute atomic E-state index is 13.1. The number of nitrogens with zero attached hydrogens (tertiary/aromatic N) is 2. The van der Waals surface area contributed by atoms with Gasteiger partial charge in [0.05, 0.1) is 18.8 Å². The van der Waals surface area contributed by atoms with E-state index in [-0.39, 0.29) is 11.9 Å². The first-order valence-corrected chi connectivity index (χ1v) is 5.79. The minimum absolute atomic E-state index is 0.237. The maximum atomic E-state index is 13.1. The Hall–Kier alpha value is -2.05. The summed E-state index contributed by atoms with van der Waals surface area (Å²) in [6, 6.07) is 7.85. The van der Waals surface area contributed by atoms with Gasteiger partial charge in [-0.3, -0.25) is 11.3 Å². The summed E-state index contributed by atoms with van der Waals surface area (Å²) < 4.78 is 18.2. The molecule has 0 aliphatic heterocycles. The number of benzene rings is 1. The van der Waals surface area contributed by atoms with E-state index in [1.54, 1.807) is 12.1 Å². The number of nitrogens with one attached hydrogen (secondary N) is 1. The van der Waals surface area contributed by atoms with Crippen molar-refractivity contribution in [1.29, 1.82) is 0 Å². The Morgan fingerprint density at radius 2 is 2.21 bits per heavy atom. The summed E-state index contributed by atoms with van der Waals surface area (Å²) in [7, 11) is 1.53. The fraction of sp³-hybridized carbons (Fsp3) is 0.231. The van der Waals surface area contributed by atoms with Gasteiger partial charge in [-0.1, -0.05) is 12.1 Å². The third-order valence-corrected chi connectivity index (χ3v) is 2.76. The van der Waals surface area contributed by atoms with Gasteiger partial charge in [0.25, 0.3) is 0 Å². The lowest BCUT2D eigenvalue weighted by Crippen LogP contribution is -2.30. The molecule has 2 rings (SSSR count). The van der Waals surface area contributed by atoms with Gasteiger partial charge >= 0.3 is 0 Å². The van der Waals surface area contributed by atoms with Gasteiger partial charge in [0.2, 0.25) is 5.88 Å². The summed E-state index contributed by atoms with van der Waals surface area (Å²) in [6.45, 7) is 0. The molecule has 0 bridgehead atoms. The van der Waals surface area contributed by atoms with E-state index in [1.165, 1.54) is 25.6 Å². The third-order valence-electron chi connectivity index (χ3n) is 2.76. The Morgan fingerprint density at radius 3 is 2.89 bits per heavy atom. The quantitative estimate of drug-likeness (QED) is 0.629. The second-order valence-electron chi connectivity index (χ2n) is 4.04. The van der Waals surface area contributed by atoms with E-state index in [2.05, 4.69) is 15.4 Å². The van der Waals surface area contributed by atoms with Crippen LogP contribution in [-0.2, 0) is 6.42 Å². The van der Waals surface area contributed by atoms with Crippen molar-refractivity contribution in [3.05, 3.63) is 53.7 Å². The maximum Gasteiger partial charge on any atom is 0.216 e. The van der Waals surface area contributed by atoms with Gasteiger partial charge in [-0.05, 0) is 24.1 Å². The van der Waals surface area contributed by atoms with Gasteiger partial charge < -0.3 is 4.74 Å². The van der Waals surface area contributed by atoms with Crippen LogP contribution >= 0.6 is 0 Å². The van der Waals surface area contributed by atoms with Crippen LogP contribution in [0, 0.1) is 5.82 Å². The highest BCUT2D eigenvalue weighted by Crippen LogP contribution is 2.18. The number of aromatic nitrogens is 2. The molecule has 0 radical (unpaired) electrons. The summed E-state index contributed by atoms with van der Waals surface area (Å²) in [5, 5.41) is 0. The SMILES string of the molecule is COc1cc(C(Cc2cccc(F)c2)NN)ncn1. The van der Waals surface area contributed by atoms with E-state index in [1.807, 2.05) is 6.07 Å². The van der Waals surface area contributed by atoms with Crippen LogP contribution in [0.5, 0.6) is 5.88 Å². The second-order valence-corrected chi connectivity index (χ2v) is 4.04. The first kappa shape index (κ1) is 13.4. The minimum Gasteiger partial charge on any atom is -0.481 e. The standard InChI is InChI=1S/C13H15FN4O/c1-19-13-7-11(16-8-17-13)12(18-15)6-9-3-2-4-10(14)5-9/h2-5,7-8,12,18H,6,15H2,1H3. The lowest BCUT2D eigenvalue weighted by molar-refractivity contribution is 0.393. The first-order valence-electron chi connectivity index (χ1n) is 5.79. The Morgan fingerprint density at radius 1 is 1.37 bits per heavy atom. The molecule has 3 N–H and O–H groups in total. The van der Waals surface area contributed by atoms with Crippen LogP contribution in [0.25, 0.3) is 0 Å². The molecule has 1 unspecified atom stereocenters. The first-order chi connectivity index (χ1) is 9.22. The second kappa shape index (κ2) is 6.21. The number of hydrogen-bond acceptors (Lipinski definition) is 5. The predicted octanol–water partition coefficient (Wildman–Crippen LogP) is 1.37. The van der Waals surface area contributed by atoms with Crippen LogP contribution in [-0.4, -0.2) is 17.1 Å². The number of hydrogen-bond donors (Lipinski definition) is 2. The lowest BCUT2D eigenvalue weighted by atomic mass is 10.0. The van der Waals surface area contributed by atoms with Gasteiger partial charge in [0.15, 0.2) is 0 Å². The highest BCUT2D eigenvalue weighted by atomic mass is 19.1. The molecular formula is C13H15FN4O. The zero-order valence-electron chi connectivity index (χ0n) is 10.5. The Balaban J connectivity index is 2.19. The summed E-state index contributed by atoms with van der Waals surface area (Å²) in [5.41, 5.74) is 4.20. The van der Waals surface area contributed by atoms with Crippen molar-refractivity contribution in [2.45, 2.75) is 12.5 Å². The Kier molecular flexibility index (Phi) is 4.38. The van der Waals surface area contributed by atoms with E-state index in [9.17, 15) is 4.39 Å². The molecule has 19 heavy (non-hydrogen) atoms. The number of halogens is 1. The number of methoxy groups -OCH3 is 1. The highest BCUT2D eigenvalue weighted by Gasteiger charge is 2.13. The van der Waals surface area contributed by atoms with Crippen molar-refractivity contribution in [2.75, 3.05) is 7.11 Å². The van der Waals surface area contributed by atoms with Crippen molar-refractivity contribution in [3.8, 4) is 5.88 Å². The van der Waals surface area contributed by atoms with E-state index >= 15 is 0 Å². The van der Waals surface area contributed by atoms with Crippen LogP contribution in [0.2, 0.25) is 0 Å². The van der Waals surface area contributed by atoms with Crippen LogP contribution < -0.4 is 16.0 Å². The Labute approximate surface area is 110 Å². The van der Waals surface area contributed by atoms with Crippen molar-refractivity contribution in [3.63, 3.8) is 0 Å². The molecular weight excluding hydrogens is 247 g/mol. The summed E-state index contributed by atoms with van der Waals surface area (Å²) >= 11 is 0. The van der Waals surface area contributed by atoms with E-state index in [0.29, 0.717) is 18.0 Å². The predicted molar refractivity (Wildman–Crippen MR) is 68.8 cm³/mol. The van der Waals surface area contributed by atoms with Crippen LogP contribution in [0.1, 0.15) is 17.3 Å². The third kappa shape index (κ3) is 3.46. The molecule has 0 amide bonds. The molecule has 0 aliphatic rings. The molecule has 0 saturated carbocycles. The minimum atomic E-state index is -0.270. The Bertz CT molecular complexity index is 550. The van der Waals surface area contributed by atoms with Gasteiger partial charge in [-0.2, -0.15) is 0 Å². The van der Waals surface area contributed by atoms with Gasteiger partial charge in [0, 0.05) is 6.07 Å². The summed E-state index contributed by atoms with van der Waals surface area (Å²) in [5.74, 6) is 5.73. The molecule has 0 saturated heterocycles. The smallest absolute Gasteiger partial charge is 0.216 e. The molecule has 2 aromatic rings. The van der Waals surface area contributed by atoms with E-state index in [0.717, 1.165) is 5.56 Å². The summed E-state index contributed by atoms with van der Waals surface area (Å²) in [4.78, 5) is 8.08. The van der Waals surface area contributed by atoms with E-state index < -0.39 is 0 Å². The average Bonchev–Trinajstić information content (AvgIpc) is 2.45. The zero-order chi connectivity index (χ0) is 13.7. The van der Waals surface area contributed by atoms with E-state index in [4.69, 9.17) is 10.6 Å². The highest BCUT2D eigenvalue weighted by molar-refractivity contribution is 5.22. The fourth-order valence-electron chi connectivity index (χ4n) is 1.80. The largest absolute Gasteiger partial charge is 0.481 e.